The van der Waals surface area contributed by atoms with Crippen molar-refractivity contribution < 1.29 is 14.7 Å². The molecule has 0 saturated heterocycles. The van der Waals surface area contributed by atoms with Gasteiger partial charge >= 0.3 is 5.97 Å². The van der Waals surface area contributed by atoms with Crippen molar-refractivity contribution in [1.82, 2.24) is 20.1 Å². The van der Waals surface area contributed by atoms with E-state index in [4.69, 9.17) is 5.11 Å². The van der Waals surface area contributed by atoms with Gasteiger partial charge in [-0.2, -0.15) is 5.10 Å². The van der Waals surface area contributed by atoms with E-state index < -0.39 is 17.9 Å². The quantitative estimate of drug-likeness (QED) is 0.854. The molecule has 2 aromatic rings. The Bertz CT molecular complexity index is 633. The third-order valence-corrected chi connectivity index (χ3v) is 2.83. The molecule has 7 nitrogen and oxygen atoms in total. The summed E-state index contributed by atoms with van der Waals surface area (Å²) in [7, 11) is 1.78. The third kappa shape index (κ3) is 2.82. The first-order chi connectivity index (χ1) is 9.49. The van der Waals surface area contributed by atoms with Crippen molar-refractivity contribution in [2.45, 2.75) is 13.0 Å². The normalized spacial score (nSPS) is 11.9. The lowest BCUT2D eigenvalue weighted by Gasteiger charge is -2.09. The summed E-state index contributed by atoms with van der Waals surface area (Å²) in [6, 6.07) is 5.79. The number of rotatable bonds is 4. The Morgan fingerprint density at radius 1 is 1.30 bits per heavy atom. The van der Waals surface area contributed by atoms with E-state index in [1.807, 2.05) is 0 Å². The van der Waals surface area contributed by atoms with Crippen molar-refractivity contribution in [3.05, 3.63) is 36.2 Å². The Morgan fingerprint density at radius 2 is 1.95 bits per heavy atom. The number of carboxylic acids is 1. The zero-order chi connectivity index (χ0) is 14.7. The number of hydrogen-bond donors (Lipinski definition) is 2. The van der Waals surface area contributed by atoms with Crippen LogP contribution in [0.25, 0.3) is 11.4 Å². The van der Waals surface area contributed by atoms with E-state index in [2.05, 4.69) is 15.4 Å². The van der Waals surface area contributed by atoms with Gasteiger partial charge in [-0.3, -0.25) is 9.59 Å². The number of carboxylic acid groups (broad SMARTS) is 1. The second-order valence-corrected chi connectivity index (χ2v) is 4.32. The van der Waals surface area contributed by atoms with Gasteiger partial charge in [0.05, 0.1) is 0 Å². The standard InChI is InChI=1S/C13H14N4O3/c1-8(13(19)20)16-12(18)10-5-3-9(4-6-10)11-14-7-15-17(11)2/h3-8H,1-2H3,(H,16,18)(H,19,20). The van der Waals surface area contributed by atoms with Crippen LogP contribution in [0.5, 0.6) is 0 Å². The zero-order valence-electron chi connectivity index (χ0n) is 11.1. The molecule has 0 aliphatic heterocycles. The molecule has 1 aromatic carbocycles. The van der Waals surface area contributed by atoms with Crippen LogP contribution in [0, 0.1) is 0 Å². The van der Waals surface area contributed by atoms with Crippen LogP contribution in [0.3, 0.4) is 0 Å². The fraction of sp³-hybridized carbons (Fsp3) is 0.231. The number of nitrogens with zero attached hydrogens (tertiary/aromatic N) is 3. The lowest BCUT2D eigenvalue weighted by atomic mass is 10.1. The Morgan fingerprint density at radius 3 is 2.45 bits per heavy atom. The first-order valence-corrected chi connectivity index (χ1v) is 5.97. The van der Waals surface area contributed by atoms with Crippen molar-refractivity contribution >= 4 is 11.9 Å². The van der Waals surface area contributed by atoms with Crippen LogP contribution < -0.4 is 5.32 Å². The highest BCUT2D eigenvalue weighted by atomic mass is 16.4. The molecule has 0 bridgehead atoms. The van der Waals surface area contributed by atoms with Gasteiger partial charge in [-0.25, -0.2) is 9.67 Å². The molecule has 1 aromatic heterocycles. The van der Waals surface area contributed by atoms with E-state index in [1.165, 1.54) is 13.3 Å². The van der Waals surface area contributed by atoms with Crippen LogP contribution in [0.15, 0.2) is 30.6 Å². The fourth-order valence-corrected chi connectivity index (χ4v) is 1.67. The molecule has 1 amide bonds. The summed E-state index contributed by atoms with van der Waals surface area (Å²) >= 11 is 0. The van der Waals surface area contributed by atoms with Crippen LogP contribution >= 0.6 is 0 Å². The number of aryl methyl sites for hydroxylation is 1. The third-order valence-electron chi connectivity index (χ3n) is 2.83. The molecule has 0 radical (unpaired) electrons. The Balaban J connectivity index is 2.14. The van der Waals surface area contributed by atoms with Crippen LogP contribution in [-0.2, 0) is 11.8 Å². The maximum absolute atomic E-state index is 11.8. The van der Waals surface area contributed by atoms with E-state index in [0.717, 1.165) is 5.56 Å². The average molecular weight is 274 g/mol. The van der Waals surface area contributed by atoms with Crippen LogP contribution in [0.4, 0.5) is 0 Å². The van der Waals surface area contributed by atoms with Crippen molar-refractivity contribution in [2.75, 3.05) is 0 Å². The molecular weight excluding hydrogens is 260 g/mol. The van der Waals surface area contributed by atoms with E-state index in [9.17, 15) is 9.59 Å². The molecule has 0 aliphatic rings. The monoisotopic (exact) mass is 274 g/mol. The van der Waals surface area contributed by atoms with Crippen molar-refractivity contribution in [1.29, 1.82) is 0 Å². The van der Waals surface area contributed by atoms with E-state index in [0.29, 0.717) is 11.4 Å². The molecule has 2 rings (SSSR count). The van der Waals surface area contributed by atoms with Crippen molar-refractivity contribution in [3.8, 4) is 11.4 Å². The summed E-state index contributed by atoms with van der Waals surface area (Å²) in [5.41, 5.74) is 1.22. The highest BCUT2D eigenvalue weighted by molar-refractivity contribution is 5.96. The first-order valence-electron chi connectivity index (χ1n) is 5.97. The minimum atomic E-state index is -1.07. The number of carbonyl (C=O) groups excluding carboxylic acids is 1. The molecule has 1 atom stereocenters. The average Bonchev–Trinajstić information content (AvgIpc) is 2.85. The number of aliphatic carboxylic acids is 1. The lowest BCUT2D eigenvalue weighted by Crippen LogP contribution is -2.38. The maximum atomic E-state index is 11.8. The molecule has 20 heavy (non-hydrogen) atoms. The molecule has 0 aliphatic carbocycles. The molecule has 1 unspecified atom stereocenters. The van der Waals surface area contributed by atoms with Crippen LogP contribution in [0.1, 0.15) is 17.3 Å². The Labute approximate surface area is 115 Å². The van der Waals surface area contributed by atoms with Crippen LogP contribution in [-0.4, -0.2) is 37.8 Å². The minimum Gasteiger partial charge on any atom is -0.480 e. The van der Waals surface area contributed by atoms with E-state index in [-0.39, 0.29) is 0 Å². The number of carbonyl (C=O) groups is 2. The summed E-state index contributed by atoms with van der Waals surface area (Å²) in [4.78, 5) is 26.6. The SMILES string of the molecule is CC(NC(=O)c1ccc(-c2ncnn2C)cc1)C(=O)O. The highest BCUT2D eigenvalue weighted by Crippen LogP contribution is 2.16. The molecule has 1 heterocycles. The Hall–Kier alpha value is -2.70. The predicted molar refractivity (Wildman–Crippen MR) is 71.0 cm³/mol. The summed E-state index contributed by atoms with van der Waals surface area (Å²) in [6.45, 7) is 1.41. The van der Waals surface area contributed by atoms with Gasteiger partial charge in [0, 0.05) is 18.2 Å². The summed E-state index contributed by atoms with van der Waals surface area (Å²) in [6.07, 6.45) is 1.45. The van der Waals surface area contributed by atoms with Gasteiger partial charge in [-0.1, -0.05) is 12.1 Å². The van der Waals surface area contributed by atoms with Crippen molar-refractivity contribution in [2.24, 2.45) is 7.05 Å². The van der Waals surface area contributed by atoms with Crippen molar-refractivity contribution in [3.63, 3.8) is 0 Å². The lowest BCUT2D eigenvalue weighted by molar-refractivity contribution is -0.138. The second kappa shape index (κ2) is 5.52. The van der Waals surface area contributed by atoms with Gasteiger partial charge in [0.2, 0.25) is 0 Å². The summed E-state index contributed by atoms with van der Waals surface area (Å²) < 4.78 is 1.63. The molecule has 2 N–H and O–H groups in total. The molecule has 0 fully saturated rings. The second-order valence-electron chi connectivity index (χ2n) is 4.32. The molecule has 0 saturated carbocycles. The van der Waals surface area contributed by atoms with E-state index in [1.54, 1.807) is 36.0 Å². The summed E-state index contributed by atoms with van der Waals surface area (Å²) in [5, 5.41) is 15.1. The van der Waals surface area contributed by atoms with E-state index >= 15 is 0 Å². The molecular formula is C13H14N4O3. The number of nitrogens with one attached hydrogen (secondary N) is 1. The van der Waals surface area contributed by atoms with Gasteiger partial charge in [-0.05, 0) is 19.1 Å². The predicted octanol–water partition coefficient (Wildman–Crippen LogP) is 0.685. The zero-order valence-corrected chi connectivity index (χ0v) is 11.1. The maximum Gasteiger partial charge on any atom is 0.325 e. The van der Waals surface area contributed by atoms with Gasteiger partial charge in [0.15, 0.2) is 5.82 Å². The molecule has 104 valence electrons. The fourth-order valence-electron chi connectivity index (χ4n) is 1.67. The van der Waals surface area contributed by atoms with Gasteiger partial charge in [-0.15, -0.1) is 0 Å². The molecule has 0 spiro atoms. The number of hydrogen-bond acceptors (Lipinski definition) is 4. The molecule has 7 heteroatoms. The van der Waals surface area contributed by atoms with Gasteiger partial charge in [0.1, 0.15) is 12.4 Å². The van der Waals surface area contributed by atoms with Gasteiger partial charge in [0.25, 0.3) is 5.91 Å². The Kier molecular flexibility index (Phi) is 3.79. The topological polar surface area (TPSA) is 97.1 Å². The summed E-state index contributed by atoms with van der Waals surface area (Å²) in [5.74, 6) is -0.811. The largest absolute Gasteiger partial charge is 0.480 e. The highest BCUT2D eigenvalue weighted by Gasteiger charge is 2.15. The first kappa shape index (κ1) is 13.7. The number of benzene rings is 1. The van der Waals surface area contributed by atoms with Gasteiger partial charge < -0.3 is 10.4 Å². The minimum absolute atomic E-state index is 0.393. The smallest absolute Gasteiger partial charge is 0.325 e. The number of aromatic nitrogens is 3. The number of amides is 1. The van der Waals surface area contributed by atoms with Crippen LogP contribution in [0.2, 0.25) is 0 Å².